The number of rotatable bonds is 4. The first-order valence-corrected chi connectivity index (χ1v) is 8.08. The number of carbonyl (C=O) groups is 1. The standard InChI is InChI=1S/C16H15ClN2O2S/c1-2-21-16(20)14-8-11-12(18)4-3-5-13(11)19(14)9-10-6-7-15(17)22-10/h3-8H,2,9,18H2,1H3. The molecule has 6 heteroatoms. The minimum Gasteiger partial charge on any atom is -0.461 e. The normalized spacial score (nSPS) is 11.0. The predicted molar refractivity (Wildman–Crippen MR) is 90.7 cm³/mol. The van der Waals surface area contributed by atoms with E-state index in [-0.39, 0.29) is 5.97 Å². The highest BCUT2D eigenvalue weighted by molar-refractivity contribution is 7.16. The zero-order valence-corrected chi connectivity index (χ0v) is 13.6. The fourth-order valence-corrected chi connectivity index (χ4v) is 3.52. The average Bonchev–Trinajstić information content (AvgIpc) is 3.05. The van der Waals surface area contributed by atoms with Gasteiger partial charge in [0.25, 0.3) is 0 Å². The third kappa shape index (κ3) is 2.69. The van der Waals surface area contributed by atoms with Crippen LogP contribution in [0.5, 0.6) is 0 Å². The molecule has 2 N–H and O–H groups in total. The number of hydrogen-bond acceptors (Lipinski definition) is 4. The second kappa shape index (κ2) is 6.02. The van der Waals surface area contributed by atoms with E-state index in [1.165, 1.54) is 11.3 Å². The monoisotopic (exact) mass is 334 g/mol. The highest BCUT2D eigenvalue weighted by Gasteiger charge is 2.18. The van der Waals surface area contributed by atoms with E-state index in [2.05, 4.69) is 0 Å². The van der Waals surface area contributed by atoms with Crippen LogP contribution in [-0.2, 0) is 11.3 Å². The molecule has 2 aromatic heterocycles. The molecule has 0 aliphatic heterocycles. The molecule has 4 nitrogen and oxygen atoms in total. The molecule has 0 saturated carbocycles. The fraction of sp³-hybridized carbons (Fsp3) is 0.188. The first-order valence-electron chi connectivity index (χ1n) is 6.89. The Labute approximate surface area is 137 Å². The maximum Gasteiger partial charge on any atom is 0.354 e. The van der Waals surface area contributed by atoms with Gasteiger partial charge in [0.15, 0.2) is 0 Å². The van der Waals surface area contributed by atoms with E-state index in [1.807, 2.05) is 34.9 Å². The Kier molecular flexibility index (Phi) is 4.09. The van der Waals surface area contributed by atoms with Gasteiger partial charge in [-0.1, -0.05) is 17.7 Å². The first-order chi connectivity index (χ1) is 10.6. The summed E-state index contributed by atoms with van der Waals surface area (Å²) in [7, 11) is 0. The van der Waals surface area contributed by atoms with Crippen LogP contribution in [0.3, 0.4) is 0 Å². The predicted octanol–water partition coefficient (Wildman–Crippen LogP) is 4.16. The largest absolute Gasteiger partial charge is 0.461 e. The number of thiophene rings is 1. The van der Waals surface area contributed by atoms with E-state index in [0.29, 0.717) is 24.5 Å². The van der Waals surface area contributed by atoms with Crippen molar-refractivity contribution in [3.63, 3.8) is 0 Å². The number of esters is 1. The van der Waals surface area contributed by atoms with Crippen LogP contribution >= 0.6 is 22.9 Å². The lowest BCUT2D eigenvalue weighted by Crippen LogP contribution is -2.12. The van der Waals surface area contributed by atoms with Gasteiger partial charge in [0, 0.05) is 16.0 Å². The second-order valence-electron chi connectivity index (χ2n) is 4.82. The van der Waals surface area contributed by atoms with Crippen molar-refractivity contribution in [1.82, 2.24) is 4.57 Å². The molecule has 0 bridgehead atoms. The summed E-state index contributed by atoms with van der Waals surface area (Å²) in [6, 6.07) is 11.3. The number of carbonyl (C=O) groups excluding carboxylic acids is 1. The van der Waals surface area contributed by atoms with Crippen molar-refractivity contribution in [3.8, 4) is 0 Å². The molecule has 0 aliphatic rings. The van der Waals surface area contributed by atoms with Crippen molar-refractivity contribution in [2.24, 2.45) is 0 Å². The Hall–Kier alpha value is -1.98. The average molecular weight is 335 g/mol. The van der Waals surface area contributed by atoms with Gasteiger partial charge in [0.1, 0.15) is 5.69 Å². The zero-order valence-electron chi connectivity index (χ0n) is 12.0. The molecule has 1 aromatic carbocycles. The molecule has 0 unspecified atom stereocenters. The number of ether oxygens (including phenoxy) is 1. The molecule has 0 aliphatic carbocycles. The second-order valence-corrected chi connectivity index (χ2v) is 6.62. The summed E-state index contributed by atoms with van der Waals surface area (Å²) in [5.41, 5.74) is 8.08. The van der Waals surface area contributed by atoms with Gasteiger partial charge in [0.2, 0.25) is 0 Å². The van der Waals surface area contributed by atoms with Crippen molar-refractivity contribution >= 4 is 45.5 Å². The van der Waals surface area contributed by atoms with Crippen LogP contribution in [0.4, 0.5) is 5.69 Å². The molecule has 0 fully saturated rings. The van der Waals surface area contributed by atoms with Crippen molar-refractivity contribution in [3.05, 3.63) is 51.3 Å². The summed E-state index contributed by atoms with van der Waals surface area (Å²) in [5, 5.41) is 0.855. The number of fused-ring (bicyclic) bond motifs is 1. The Morgan fingerprint density at radius 2 is 2.18 bits per heavy atom. The summed E-state index contributed by atoms with van der Waals surface area (Å²) in [4.78, 5) is 13.3. The minimum atomic E-state index is -0.347. The van der Waals surface area contributed by atoms with Crippen LogP contribution in [-0.4, -0.2) is 17.1 Å². The van der Waals surface area contributed by atoms with Crippen LogP contribution < -0.4 is 5.73 Å². The van der Waals surface area contributed by atoms with E-state index in [4.69, 9.17) is 22.1 Å². The fourth-order valence-electron chi connectivity index (χ4n) is 2.44. The molecule has 2 heterocycles. The van der Waals surface area contributed by atoms with Crippen LogP contribution in [0.25, 0.3) is 10.9 Å². The molecule has 0 spiro atoms. The number of anilines is 1. The van der Waals surface area contributed by atoms with Crippen molar-refractivity contribution in [2.45, 2.75) is 13.5 Å². The molecule has 0 saturated heterocycles. The van der Waals surface area contributed by atoms with Crippen LogP contribution in [0.2, 0.25) is 4.34 Å². The Bertz CT molecular complexity index is 838. The van der Waals surface area contributed by atoms with Crippen LogP contribution in [0, 0.1) is 0 Å². The van der Waals surface area contributed by atoms with Gasteiger partial charge in [-0.15, -0.1) is 11.3 Å². The smallest absolute Gasteiger partial charge is 0.354 e. The molecular formula is C16H15ClN2O2S. The van der Waals surface area contributed by atoms with E-state index < -0.39 is 0 Å². The maximum absolute atomic E-state index is 12.2. The van der Waals surface area contributed by atoms with Crippen molar-refractivity contribution < 1.29 is 9.53 Å². The van der Waals surface area contributed by atoms with Crippen LogP contribution in [0.1, 0.15) is 22.3 Å². The molecule has 0 amide bonds. The SMILES string of the molecule is CCOC(=O)c1cc2c(N)cccc2n1Cc1ccc(Cl)s1. The number of hydrogen-bond donors (Lipinski definition) is 1. The topological polar surface area (TPSA) is 57.2 Å². The van der Waals surface area contributed by atoms with Gasteiger partial charge < -0.3 is 15.0 Å². The summed E-state index contributed by atoms with van der Waals surface area (Å²) >= 11 is 7.49. The van der Waals surface area contributed by atoms with E-state index in [1.54, 1.807) is 13.0 Å². The first kappa shape index (κ1) is 14.9. The van der Waals surface area contributed by atoms with Crippen molar-refractivity contribution in [2.75, 3.05) is 12.3 Å². The Morgan fingerprint density at radius 1 is 1.36 bits per heavy atom. The van der Waals surface area contributed by atoms with E-state index in [0.717, 1.165) is 20.1 Å². The number of nitrogens with zero attached hydrogens (tertiary/aromatic N) is 1. The third-order valence-electron chi connectivity index (χ3n) is 3.41. The lowest BCUT2D eigenvalue weighted by molar-refractivity contribution is 0.0515. The summed E-state index contributed by atoms with van der Waals surface area (Å²) in [5.74, 6) is -0.347. The van der Waals surface area contributed by atoms with E-state index in [9.17, 15) is 4.79 Å². The van der Waals surface area contributed by atoms with Gasteiger partial charge in [-0.25, -0.2) is 4.79 Å². The molecule has 22 heavy (non-hydrogen) atoms. The van der Waals surface area contributed by atoms with Gasteiger partial charge in [0.05, 0.1) is 23.0 Å². The third-order valence-corrected chi connectivity index (χ3v) is 4.62. The Balaban J connectivity index is 2.13. The highest BCUT2D eigenvalue weighted by atomic mass is 35.5. The number of aromatic nitrogens is 1. The number of nitrogens with two attached hydrogens (primary N) is 1. The minimum absolute atomic E-state index is 0.334. The van der Waals surface area contributed by atoms with Gasteiger partial charge in [-0.2, -0.15) is 0 Å². The summed E-state index contributed by atoms with van der Waals surface area (Å²) < 4.78 is 7.81. The molecule has 0 atom stereocenters. The number of nitrogen functional groups attached to an aromatic ring is 1. The zero-order chi connectivity index (χ0) is 15.7. The molecule has 3 rings (SSSR count). The quantitative estimate of drug-likeness (QED) is 0.575. The van der Waals surface area contributed by atoms with Gasteiger partial charge in [-0.3, -0.25) is 0 Å². The van der Waals surface area contributed by atoms with E-state index >= 15 is 0 Å². The van der Waals surface area contributed by atoms with Crippen molar-refractivity contribution in [1.29, 1.82) is 0 Å². The van der Waals surface area contributed by atoms with Crippen LogP contribution in [0.15, 0.2) is 36.4 Å². The molecule has 114 valence electrons. The number of benzene rings is 1. The summed E-state index contributed by atoms with van der Waals surface area (Å²) in [6.45, 7) is 2.68. The molecule has 3 aromatic rings. The number of halogens is 1. The Morgan fingerprint density at radius 3 is 2.86 bits per heavy atom. The lowest BCUT2D eigenvalue weighted by atomic mass is 10.2. The highest BCUT2D eigenvalue weighted by Crippen LogP contribution is 2.29. The molecular weight excluding hydrogens is 320 g/mol. The van der Waals surface area contributed by atoms with Gasteiger partial charge >= 0.3 is 5.97 Å². The van der Waals surface area contributed by atoms with Gasteiger partial charge in [-0.05, 0) is 37.3 Å². The summed E-state index contributed by atoms with van der Waals surface area (Å²) in [6.07, 6.45) is 0. The lowest BCUT2D eigenvalue weighted by Gasteiger charge is -2.09. The maximum atomic E-state index is 12.2. The molecule has 0 radical (unpaired) electrons.